The van der Waals surface area contributed by atoms with Crippen LogP contribution in [0.1, 0.15) is 30.6 Å². The lowest BCUT2D eigenvalue weighted by atomic mass is 10.2. The van der Waals surface area contributed by atoms with E-state index in [1.165, 1.54) is 18.2 Å². The molecule has 0 fully saturated rings. The van der Waals surface area contributed by atoms with Crippen molar-refractivity contribution in [2.45, 2.75) is 26.4 Å². The van der Waals surface area contributed by atoms with E-state index in [1.54, 1.807) is 24.3 Å². The monoisotopic (exact) mass is 348 g/mol. The Hall–Kier alpha value is -2.60. The van der Waals surface area contributed by atoms with Crippen LogP contribution in [0.15, 0.2) is 42.5 Å². The minimum Gasteiger partial charge on any atom is -0.491 e. The van der Waals surface area contributed by atoms with Gasteiger partial charge in [0.2, 0.25) is 0 Å². The SMILES string of the molecule is CCC(C)Oc1cccc(C(=O)Nc2ccc(Cl)c([N+](=O)[O-])c2)c1. The highest BCUT2D eigenvalue weighted by molar-refractivity contribution is 6.32. The molecule has 0 aliphatic carbocycles. The van der Waals surface area contributed by atoms with E-state index in [1.807, 2.05) is 13.8 Å². The molecule has 0 bridgehead atoms. The molecule has 2 aromatic carbocycles. The third-order valence-electron chi connectivity index (χ3n) is 3.41. The van der Waals surface area contributed by atoms with E-state index >= 15 is 0 Å². The lowest BCUT2D eigenvalue weighted by Gasteiger charge is -2.13. The van der Waals surface area contributed by atoms with Crippen LogP contribution in [0.2, 0.25) is 5.02 Å². The van der Waals surface area contributed by atoms with E-state index in [0.29, 0.717) is 17.0 Å². The standard InChI is InChI=1S/C17H17ClN2O4/c1-3-11(2)24-14-6-4-5-12(9-14)17(21)19-13-7-8-15(18)16(10-13)20(22)23/h4-11H,3H2,1-2H3,(H,19,21). The number of hydrogen-bond donors (Lipinski definition) is 1. The lowest BCUT2D eigenvalue weighted by molar-refractivity contribution is -0.384. The number of benzene rings is 2. The molecule has 0 aromatic heterocycles. The predicted molar refractivity (Wildman–Crippen MR) is 92.9 cm³/mol. The molecule has 24 heavy (non-hydrogen) atoms. The number of rotatable bonds is 6. The van der Waals surface area contributed by atoms with Crippen molar-refractivity contribution in [2.75, 3.05) is 5.32 Å². The molecule has 7 heteroatoms. The van der Waals surface area contributed by atoms with Gasteiger partial charge in [-0.05, 0) is 43.7 Å². The maximum Gasteiger partial charge on any atom is 0.289 e. The number of amides is 1. The zero-order chi connectivity index (χ0) is 17.7. The largest absolute Gasteiger partial charge is 0.491 e. The van der Waals surface area contributed by atoms with Crippen molar-refractivity contribution in [2.24, 2.45) is 0 Å². The highest BCUT2D eigenvalue weighted by Gasteiger charge is 2.15. The maximum atomic E-state index is 12.3. The van der Waals surface area contributed by atoms with Crippen LogP contribution >= 0.6 is 11.6 Å². The van der Waals surface area contributed by atoms with Crippen LogP contribution in [0.5, 0.6) is 5.75 Å². The number of ether oxygens (including phenoxy) is 1. The number of nitrogens with one attached hydrogen (secondary N) is 1. The molecular weight excluding hydrogens is 332 g/mol. The van der Waals surface area contributed by atoms with E-state index in [-0.39, 0.29) is 22.7 Å². The van der Waals surface area contributed by atoms with E-state index in [0.717, 1.165) is 6.42 Å². The molecule has 0 heterocycles. The zero-order valence-electron chi connectivity index (χ0n) is 13.3. The zero-order valence-corrected chi connectivity index (χ0v) is 14.0. The number of hydrogen-bond acceptors (Lipinski definition) is 4. The fourth-order valence-electron chi connectivity index (χ4n) is 1.96. The molecule has 0 spiro atoms. The van der Waals surface area contributed by atoms with Crippen molar-refractivity contribution in [1.29, 1.82) is 0 Å². The fourth-order valence-corrected chi connectivity index (χ4v) is 2.15. The van der Waals surface area contributed by atoms with Crippen molar-refractivity contribution >= 4 is 28.9 Å². The van der Waals surface area contributed by atoms with E-state index in [4.69, 9.17) is 16.3 Å². The Morgan fingerprint density at radius 3 is 2.75 bits per heavy atom. The Morgan fingerprint density at radius 2 is 2.08 bits per heavy atom. The first-order valence-electron chi connectivity index (χ1n) is 7.42. The van der Waals surface area contributed by atoms with Gasteiger partial charge in [0.25, 0.3) is 11.6 Å². The summed E-state index contributed by atoms with van der Waals surface area (Å²) in [6, 6.07) is 10.9. The van der Waals surface area contributed by atoms with Crippen molar-refractivity contribution in [3.63, 3.8) is 0 Å². The molecule has 1 atom stereocenters. The molecule has 0 saturated carbocycles. The number of halogens is 1. The number of carbonyl (C=O) groups is 1. The lowest BCUT2D eigenvalue weighted by Crippen LogP contribution is -2.13. The predicted octanol–water partition coefficient (Wildman–Crippen LogP) is 4.68. The van der Waals surface area contributed by atoms with Crippen LogP contribution < -0.4 is 10.1 Å². The minimum atomic E-state index is -0.599. The van der Waals surface area contributed by atoms with Crippen LogP contribution in [-0.2, 0) is 0 Å². The summed E-state index contributed by atoms with van der Waals surface area (Å²) in [5.41, 5.74) is 0.432. The summed E-state index contributed by atoms with van der Waals surface area (Å²) in [7, 11) is 0. The summed E-state index contributed by atoms with van der Waals surface area (Å²) in [4.78, 5) is 22.6. The summed E-state index contributed by atoms with van der Waals surface area (Å²) in [5.74, 6) is 0.209. The molecule has 126 valence electrons. The van der Waals surface area contributed by atoms with E-state index < -0.39 is 4.92 Å². The summed E-state index contributed by atoms with van der Waals surface area (Å²) in [6.07, 6.45) is 0.896. The Labute approximate surface area is 144 Å². The summed E-state index contributed by atoms with van der Waals surface area (Å²) < 4.78 is 5.68. The van der Waals surface area contributed by atoms with Crippen molar-refractivity contribution in [3.05, 3.63) is 63.2 Å². The number of nitro benzene ring substituents is 1. The summed E-state index contributed by atoms with van der Waals surface area (Å²) in [6.45, 7) is 3.95. The molecule has 6 nitrogen and oxygen atoms in total. The third kappa shape index (κ3) is 4.45. The Balaban J connectivity index is 2.17. The van der Waals surface area contributed by atoms with E-state index in [9.17, 15) is 14.9 Å². The summed E-state index contributed by atoms with van der Waals surface area (Å²) in [5, 5.41) is 13.5. The Kier molecular flexibility index (Phi) is 5.76. The number of carbonyl (C=O) groups excluding carboxylic acids is 1. The van der Waals surface area contributed by atoms with E-state index in [2.05, 4.69) is 5.32 Å². The molecule has 0 saturated heterocycles. The third-order valence-corrected chi connectivity index (χ3v) is 3.73. The van der Waals surface area contributed by atoms with Gasteiger partial charge in [0.05, 0.1) is 11.0 Å². The van der Waals surface area contributed by atoms with Gasteiger partial charge in [0, 0.05) is 17.3 Å². The quantitative estimate of drug-likeness (QED) is 0.607. The highest BCUT2D eigenvalue weighted by atomic mass is 35.5. The second-order valence-electron chi connectivity index (χ2n) is 5.24. The van der Waals surface area contributed by atoms with Crippen molar-refractivity contribution in [3.8, 4) is 5.75 Å². The van der Waals surface area contributed by atoms with Crippen LogP contribution in [0.25, 0.3) is 0 Å². The topological polar surface area (TPSA) is 81.5 Å². The molecule has 0 aliphatic rings. The first kappa shape index (κ1) is 17.7. The van der Waals surface area contributed by atoms with Crippen LogP contribution in [0.3, 0.4) is 0 Å². The second kappa shape index (κ2) is 7.79. The van der Waals surface area contributed by atoms with Gasteiger partial charge in [-0.15, -0.1) is 0 Å². The molecule has 1 amide bonds. The van der Waals surface area contributed by atoms with Gasteiger partial charge >= 0.3 is 0 Å². The molecule has 1 N–H and O–H groups in total. The van der Waals surface area contributed by atoms with Gasteiger partial charge in [0.1, 0.15) is 10.8 Å². The van der Waals surface area contributed by atoms with Crippen LogP contribution in [0.4, 0.5) is 11.4 Å². The van der Waals surface area contributed by atoms with Crippen LogP contribution in [-0.4, -0.2) is 16.9 Å². The van der Waals surface area contributed by atoms with Crippen molar-refractivity contribution in [1.82, 2.24) is 0 Å². The van der Waals surface area contributed by atoms with Gasteiger partial charge in [0.15, 0.2) is 0 Å². The first-order valence-corrected chi connectivity index (χ1v) is 7.80. The first-order chi connectivity index (χ1) is 11.4. The number of anilines is 1. The highest BCUT2D eigenvalue weighted by Crippen LogP contribution is 2.27. The maximum absolute atomic E-state index is 12.3. The Bertz CT molecular complexity index is 764. The van der Waals surface area contributed by atoms with Crippen molar-refractivity contribution < 1.29 is 14.5 Å². The van der Waals surface area contributed by atoms with Gasteiger partial charge in [-0.25, -0.2) is 0 Å². The number of nitrogens with zero attached hydrogens (tertiary/aromatic N) is 1. The molecule has 2 rings (SSSR count). The van der Waals surface area contributed by atoms with Gasteiger partial charge in [-0.1, -0.05) is 24.6 Å². The molecule has 1 unspecified atom stereocenters. The normalized spacial score (nSPS) is 11.6. The van der Waals surface area contributed by atoms with Crippen LogP contribution in [0, 0.1) is 10.1 Å². The Morgan fingerprint density at radius 1 is 1.33 bits per heavy atom. The minimum absolute atomic E-state index is 0.0157. The van der Waals surface area contributed by atoms with Gasteiger partial charge in [-0.2, -0.15) is 0 Å². The fraction of sp³-hybridized carbons (Fsp3) is 0.235. The second-order valence-corrected chi connectivity index (χ2v) is 5.65. The number of nitro groups is 1. The molecule has 0 radical (unpaired) electrons. The van der Waals surface area contributed by atoms with Gasteiger partial charge < -0.3 is 10.1 Å². The summed E-state index contributed by atoms with van der Waals surface area (Å²) >= 11 is 5.76. The van der Waals surface area contributed by atoms with Gasteiger partial charge in [-0.3, -0.25) is 14.9 Å². The molecule has 0 aliphatic heterocycles. The average Bonchev–Trinajstić information content (AvgIpc) is 2.56. The molecular formula is C17H17ClN2O4. The molecule has 2 aromatic rings. The average molecular weight is 349 g/mol. The smallest absolute Gasteiger partial charge is 0.289 e.